The first kappa shape index (κ1) is 14.0. The van der Waals surface area contributed by atoms with Crippen LogP contribution in [0.5, 0.6) is 0 Å². The number of aliphatic hydroxyl groups is 1. The van der Waals surface area contributed by atoms with Crippen molar-refractivity contribution in [3.63, 3.8) is 0 Å². The number of nitrogens with zero attached hydrogens (tertiary/aromatic N) is 3. The van der Waals surface area contributed by atoms with E-state index in [0.29, 0.717) is 10.8 Å². The van der Waals surface area contributed by atoms with Crippen molar-refractivity contribution in [2.75, 3.05) is 13.6 Å². The standard InChI is InChI=1S/C16H16ClN3O/c1-16(21,12-5-7-20(2)8-6-12)14-4-3-11-10-18-15(17)9-13(11)19-14/h3-7,9-10,21H,8H2,1-2H3/t16-/m1/s1. The quantitative estimate of drug-likeness (QED) is 0.867. The van der Waals surface area contributed by atoms with Crippen LogP contribution in [-0.2, 0) is 5.60 Å². The van der Waals surface area contributed by atoms with Gasteiger partial charge in [-0.3, -0.25) is 0 Å². The van der Waals surface area contributed by atoms with Crippen LogP contribution >= 0.6 is 11.6 Å². The number of fused-ring (bicyclic) bond motifs is 1. The van der Waals surface area contributed by atoms with Gasteiger partial charge < -0.3 is 10.0 Å². The van der Waals surface area contributed by atoms with Crippen LogP contribution in [0.4, 0.5) is 0 Å². The van der Waals surface area contributed by atoms with Crippen LogP contribution in [0.1, 0.15) is 12.6 Å². The molecule has 1 aliphatic rings. The summed E-state index contributed by atoms with van der Waals surface area (Å²) < 4.78 is 0. The molecule has 0 amide bonds. The third-order valence-corrected chi connectivity index (χ3v) is 3.92. The predicted octanol–water partition coefficient (Wildman–Crippen LogP) is 2.88. The SMILES string of the molecule is CN1C=CC([C@@](C)(O)c2ccc3cnc(Cl)cc3n2)=CC1. The van der Waals surface area contributed by atoms with Gasteiger partial charge in [0.2, 0.25) is 0 Å². The first-order valence-corrected chi connectivity index (χ1v) is 7.09. The summed E-state index contributed by atoms with van der Waals surface area (Å²) in [5, 5.41) is 12.2. The van der Waals surface area contributed by atoms with Crippen LogP contribution < -0.4 is 0 Å². The van der Waals surface area contributed by atoms with E-state index in [4.69, 9.17) is 11.6 Å². The molecule has 0 spiro atoms. The molecule has 1 atom stereocenters. The lowest BCUT2D eigenvalue weighted by Gasteiger charge is -2.28. The van der Waals surface area contributed by atoms with E-state index < -0.39 is 5.60 Å². The van der Waals surface area contributed by atoms with Crippen LogP contribution in [0.15, 0.2) is 48.3 Å². The van der Waals surface area contributed by atoms with Crippen molar-refractivity contribution < 1.29 is 5.11 Å². The summed E-state index contributed by atoms with van der Waals surface area (Å²) in [6.45, 7) is 2.52. The fourth-order valence-electron chi connectivity index (χ4n) is 2.35. The van der Waals surface area contributed by atoms with Gasteiger partial charge in [-0.15, -0.1) is 0 Å². The predicted molar refractivity (Wildman–Crippen MR) is 84.0 cm³/mol. The van der Waals surface area contributed by atoms with Crippen molar-refractivity contribution in [1.82, 2.24) is 14.9 Å². The van der Waals surface area contributed by atoms with Crippen LogP contribution in [-0.4, -0.2) is 33.6 Å². The highest BCUT2D eigenvalue weighted by molar-refractivity contribution is 6.29. The molecular weight excluding hydrogens is 286 g/mol. The zero-order valence-corrected chi connectivity index (χ0v) is 12.7. The van der Waals surface area contributed by atoms with Crippen LogP contribution in [0.3, 0.4) is 0 Å². The number of hydrogen-bond acceptors (Lipinski definition) is 4. The number of pyridine rings is 2. The molecule has 0 saturated heterocycles. The van der Waals surface area contributed by atoms with E-state index in [1.807, 2.05) is 42.4 Å². The zero-order valence-electron chi connectivity index (χ0n) is 11.9. The Morgan fingerprint density at radius 1 is 1.38 bits per heavy atom. The van der Waals surface area contributed by atoms with Gasteiger partial charge in [-0.2, -0.15) is 0 Å². The van der Waals surface area contributed by atoms with E-state index in [1.54, 1.807) is 19.2 Å². The van der Waals surface area contributed by atoms with E-state index >= 15 is 0 Å². The topological polar surface area (TPSA) is 49.2 Å². The maximum absolute atomic E-state index is 10.9. The third-order valence-electron chi connectivity index (χ3n) is 3.71. The van der Waals surface area contributed by atoms with Crippen LogP contribution in [0, 0.1) is 0 Å². The van der Waals surface area contributed by atoms with Gasteiger partial charge in [0, 0.05) is 31.2 Å². The van der Waals surface area contributed by atoms with Gasteiger partial charge in [0.1, 0.15) is 10.8 Å². The Bertz CT molecular complexity index is 752. The second-order valence-electron chi connectivity index (χ2n) is 5.38. The summed E-state index contributed by atoms with van der Waals surface area (Å²) in [4.78, 5) is 10.6. The van der Waals surface area contributed by atoms with Crippen molar-refractivity contribution in [2.45, 2.75) is 12.5 Å². The normalized spacial score (nSPS) is 17.7. The molecule has 0 radical (unpaired) electrons. The number of aromatic nitrogens is 2. The third kappa shape index (κ3) is 2.64. The molecule has 0 aromatic carbocycles. The van der Waals surface area contributed by atoms with Gasteiger partial charge in [-0.05, 0) is 36.9 Å². The van der Waals surface area contributed by atoms with Crippen LogP contribution in [0.2, 0.25) is 5.15 Å². The van der Waals surface area contributed by atoms with Gasteiger partial charge in [0.15, 0.2) is 0 Å². The number of likely N-dealkylation sites (N-methyl/N-ethyl adjacent to an activating group) is 1. The minimum atomic E-state index is -1.14. The molecule has 0 aliphatic carbocycles. The lowest BCUT2D eigenvalue weighted by atomic mass is 9.90. The van der Waals surface area contributed by atoms with Gasteiger partial charge in [-0.1, -0.05) is 17.7 Å². The van der Waals surface area contributed by atoms with Crippen molar-refractivity contribution >= 4 is 22.5 Å². The summed E-state index contributed by atoms with van der Waals surface area (Å²) in [6.07, 6.45) is 7.55. The molecule has 3 heterocycles. The maximum atomic E-state index is 10.9. The van der Waals surface area contributed by atoms with Crippen molar-refractivity contribution in [2.24, 2.45) is 0 Å². The number of hydrogen-bond donors (Lipinski definition) is 1. The Morgan fingerprint density at radius 2 is 2.19 bits per heavy atom. The van der Waals surface area contributed by atoms with Crippen molar-refractivity contribution in [3.8, 4) is 0 Å². The van der Waals surface area contributed by atoms with Crippen LogP contribution in [0.25, 0.3) is 10.9 Å². The molecule has 0 fully saturated rings. The van der Waals surface area contributed by atoms with Crippen molar-refractivity contribution in [3.05, 3.63) is 59.2 Å². The second-order valence-corrected chi connectivity index (χ2v) is 5.77. The Kier molecular flexibility index (Phi) is 3.43. The molecule has 1 N–H and O–H groups in total. The minimum absolute atomic E-state index is 0.394. The highest BCUT2D eigenvalue weighted by Crippen LogP contribution is 2.31. The highest BCUT2D eigenvalue weighted by atomic mass is 35.5. The molecule has 0 saturated carbocycles. The molecule has 3 rings (SSSR count). The highest BCUT2D eigenvalue weighted by Gasteiger charge is 2.29. The number of halogens is 1. The minimum Gasteiger partial charge on any atom is -0.379 e. The monoisotopic (exact) mass is 301 g/mol. The number of rotatable bonds is 2. The van der Waals surface area contributed by atoms with Gasteiger partial charge in [-0.25, -0.2) is 9.97 Å². The summed E-state index contributed by atoms with van der Waals surface area (Å²) in [5.41, 5.74) is 1.03. The lowest BCUT2D eigenvalue weighted by Crippen LogP contribution is -2.28. The first-order chi connectivity index (χ1) is 9.96. The molecule has 0 unspecified atom stereocenters. The molecule has 2 aromatic rings. The first-order valence-electron chi connectivity index (χ1n) is 6.71. The summed E-state index contributed by atoms with van der Waals surface area (Å²) in [7, 11) is 1.99. The molecule has 108 valence electrons. The molecule has 5 heteroatoms. The fraction of sp³-hybridized carbons (Fsp3) is 0.250. The molecule has 4 nitrogen and oxygen atoms in total. The second kappa shape index (κ2) is 5.13. The fourth-order valence-corrected chi connectivity index (χ4v) is 2.50. The Labute approximate surface area is 128 Å². The molecular formula is C16H16ClN3O. The average molecular weight is 302 g/mol. The van der Waals surface area contributed by atoms with E-state index in [2.05, 4.69) is 9.97 Å². The molecule has 0 bridgehead atoms. The average Bonchev–Trinajstić information content (AvgIpc) is 2.47. The Morgan fingerprint density at radius 3 is 2.90 bits per heavy atom. The molecule has 1 aliphatic heterocycles. The Balaban J connectivity index is 2.04. The van der Waals surface area contributed by atoms with Gasteiger partial charge >= 0.3 is 0 Å². The lowest BCUT2D eigenvalue weighted by molar-refractivity contribution is 0.0957. The van der Waals surface area contributed by atoms with E-state index in [-0.39, 0.29) is 0 Å². The smallest absolute Gasteiger partial charge is 0.131 e. The summed E-state index contributed by atoms with van der Waals surface area (Å²) in [6, 6.07) is 5.43. The van der Waals surface area contributed by atoms with E-state index in [9.17, 15) is 5.11 Å². The molecule has 2 aromatic heterocycles. The largest absolute Gasteiger partial charge is 0.379 e. The van der Waals surface area contributed by atoms with E-state index in [1.165, 1.54) is 0 Å². The summed E-state index contributed by atoms with van der Waals surface area (Å²) in [5.74, 6) is 0. The summed E-state index contributed by atoms with van der Waals surface area (Å²) >= 11 is 5.91. The molecule has 21 heavy (non-hydrogen) atoms. The van der Waals surface area contributed by atoms with Gasteiger partial charge in [0.05, 0.1) is 11.2 Å². The zero-order chi connectivity index (χ0) is 15.0. The Hall–Kier alpha value is -1.91. The van der Waals surface area contributed by atoms with Gasteiger partial charge in [0.25, 0.3) is 0 Å². The van der Waals surface area contributed by atoms with Crippen molar-refractivity contribution in [1.29, 1.82) is 0 Å². The maximum Gasteiger partial charge on any atom is 0.131 e. The van der Waals surface area contributed by atoms with E-state index in [0.717, 1.165) is 23.0 Å².